The minimum atomic E-state index is -0.405. The van der Waals surface area contributed by atoms with Crippen molar-refractivity contribution in [1.82, 2.24) is 0 Å². The number of hydrogen-bond donors (Lipinski definition) is 1. The smallest absolute Gasteiger partial charge is 0.337 e. The van der Waals surface area contributed by atoms with Crippen LogP contribution in [-0.4, -0.2) is 19.0 Å². The second-order valence-corrected chi connectivity index (χ2v) is 4.80. The van der Waals surface area contributed by atoms with Crippen molar-refractivity contribution in [3.8, 4) is 0 Å². The second kappa shape index (κ2) is 7.22. The number of amides is 1. The number of anilines is 1. The molecule has 4 nitrogen and oxygen atoms in total. The Morgan fingerprint density at radius 2 is 1.64 bits per heavy atom. The molecule has 2 rings (SSSR count). The summed E-state index contributed by atoms with van der Waals surface area (Å²) in [4.78, 5) is 23.1. The number of ether oxygens (including phenoxy) is 1. The Hall–Kier alpha value is -2.88. The van der Waals surface area contributed by atoms with Crippen molar-refractivity contribution in [2.75, 3.05) is 12.4 Å². The third kappa shape index (κ3) is 4.31. The Morgan fingerprint density at radius 1 is 1.00 bits per heavy atom. The summed E-state index contributed by atoms with van der Waals surface area (Å²) in [6.45, 7) is 2.01. The first-order chi connectivity index (χ1) is 10.6. The van der Waals surface area contributed by atoms with Crippen LogP contribution in [0.1, 0.15) is 21.5 Å². The molecular formula is C18H17NO3. The van der Waals surface area contributed by atoms with Crippen LogP contribution in [-0.2, 0) is 9.53 Å². The molecule has 0 aliphatic carbocycles. The summed E-state index contributed by atoms with van der Waals surface area (Å²) in [5, 5.41) is 2.73. The van der Waals surface area contributed by atoms with Crippen LogP contribution in [0, 0.1) is 6.92 Å². The van der Waals surface area contributed by atoms with Gasteiger partial charge in [0.05, 0.1) is 12.7 Å². The Bertz CT molecular complexity index is 685. The Morgan fingerprint density at radius 3 is 2.23 bits per heavy atom. The van der Waals surface area contributed by atoms with E-state index in [1.807, 2.05) is 31.2 Å². The molecule has 4 heteroatoms. The number of esters is 1. The predicted octanol–water partition coefficient (Wildman–Crippen LogP) is 3.43. The van der Waals surface area contributed by atoms with E-state index in [1.165, 1.54) is 18.7 Å². The van der Waals surface area contributed by atoms with Gasteiger partial charge in [0, 0.05) is 11.8 Å². The van der Waals surface area contributed by atoms with Gasteiger partial charge in [-0.25, -0.2) is 4.79 Å². The zero-order valence-corrected chi connectivity index (χ0v) is 12.5. The molecule has 1 amide bonds. The first-order valence-corrected chi connectivity index (χ1v) is 6.82. The lowest BCUT2D eigenvalue weighted by atomic mass is 10.1. The van der Waals surface area contributed by atoms with Gasteiger partial charge in [0.25, 0.3) is 0 Å². The van der Waals surface area contributed by atoms with E-state index in [-0.39, 0.29) is 5.91 Å². The van der Waals surface area contributed by atoms with Crippen LogP contribution >= 0.6 is 0 Å². The fraction of sp³-hybridized carbons (Fsp3) is 0.111. The first kappa shape index (κ1) is 15.5. The third-order valence-corrected chi connectivity index (χ3v) is 3.08. The van der Waals surface area contributed by atoms with Gasteiger partial charge in [-0.1, -0.05) is 29.8 Å². The maximum Gasteiger partial charge on any atom is 0.337 e. The van der Waals surface area contributed by atoms with Gasteiger partial charge < -0.3 is 10.1 Å². The SMILES string of the molecule is COC(=O)c1ccc(NC(=O)/C=C/c2ccc(C)cc2)cc1. The molecule has 0 heterocycles. The van der Waals surface area contributed by atoms with E-state index in [0.717, 1.165) is 5.56 Å². The zero-order chi connectivity index (χ0) is 15.9. The molecule has 0 radical (unpaired) electrons. The van der Waals surface area contributed by atoms with Crippen LogP contribution in [0.25, 0.3) is 6.08 Å². The standard InChI is InChI=1S/C18H17NO3/c1-13-3-5-14(6-4-13)7-12-17(20)19-16-10-8-15(9-11-16)18(21)22-2/h3-12H,1-2H3,(H,19,20)/b12-7+. The van der Waals surface area contributed by atoms with E-state index in [0.29, 0.717) is 11.3 Å². The van der Waals surface area contributed by atoms with Crippen LogP contribution in [0.2, 0.25) is 0 Å². The zero-order valence-electron chi connectivity index (χ0n) is 12.5. The Balaban J connectivity index is 1.97. The highest BCUT2D eigenvalue weighted by Crippen LogP contribution is 2.11. The summed E-state index contributed by atoms with van der Waals surface area (Å²) in [6.07, 6.45) is 3.22. The number of hydrogen-bond acceptors (Lipinski definition) is 3. The summed E-state index contributed by atoms with van der Waals surface area (Å²) < 4.78 is 4.62. The van der Waals surface area contributed by atoms with Gasteiger partial charge in [-0.3, -0.25) is 4.79 Å². The molecule has 0 spiro atoms. The number of aryl methyl sites for hydroxylation is 1. The molecule has 0 saturated carbocycles. The van der Waals surface area contributed by atoms with Crippen LogP contribution in [0.5, 0.6) is 0 Å². The largest absolute Gasteiger partial charge is 0.465 e. The van der Waals surface area contributed by atoms with Crippen molar-refractivity contribution in [2.45, 2.75) is 6.92 Å². The van der Waals surface area contributed by atoms with Gasteiger partial charge in [-0.05, 0) is 42.8 Å². The van der Waals surface area contributed by atoms with Crippen molar-refractivity contribution in [3.05, 3.63) is 71.3 Å². The van der Waals surface area contributed by atoms with Gasteiger partial charge in [0.2, 0.25) is 5.91 Å². The summed E-state index contributed by atoms with van der Waals surface area (Å²) >= 11 is 0. The minimum absolute atomic E-state index is 0.230. The molecule has 0 aromatic heterocycles. The minimum Gasteiger partial charge on any atom is -0.465 e. The lowest BCUT2D eigenvalue weighted by Gasteiger charge is -2.03. The fourth-order valence-corrected chi connectivity index (χ4v) is 1.84. The summed E-state index contributed by atoms with van der Waals surface area (Å²) in [7, 11) is 1.33. The van der Waals surface area contributed by atoms with Crippen molar-refractivity contribution in [1.29, 1.82) is 0 Å². The maximum atomic E-state index is 11.8. The van der Waals surface area contributed by atoms with E-state index in [4.69, 9.17) is 0 Å². The normalized spacial score (nSPS) is 10.5. The number of carbonyl (C=O) groups is 2. The number of benzene rings is 2. The number of carbonyl (C=O) groups excluding carboxylic acids is 2. The van der Waals surface area contributed by atoms with Gasteiger partial charge in [-0.2, -0.15) is 0 Å². The molecular weight excluding hydrogens is 278 g/mol. The van der Waals surface area contributed by atoms with E-state index in [1.54, 1.807) is 30.3 Å². The highest BCUT2D eigenvalue weighted by molar-refractivity contribution is 6.02. The molecule has 112 valence electrons. The van der Waals surface area contributed by atoms with Crippen molar-refractivity contribution in [2.24, 2.45) is 0 Å². The molecule has 0 unspecified atom stereocenters. The van der Waals surface area contributed by atoms with Gasteiger partial charge in [-0.15, -0.1) is 0 Å². The summed E-state index contributed by atoms with van der Waals surface area (Å²) in [5.74, 6) is -0.636. The molecule has 0 aliphatic rings. The molecule has 0 bridgehead atoms. The lowest BCUT2D eigenvalue weighted by Crippen LogP contribution is -2.08. The molecule has 1 N–H and O–H groups in total. The average Bonchev–Trinajstić information content (AvgIpc) is 2.54. The van der Waals surface area contributed by atoms with Crippen molar-refractivity contribution in [3.63, 3.8) is 0 Å². The number of nitrogens with one attached hydrogen (secondary N) is 1. The summed E-state index contributed by atoms with van der Waals surface area (Å²) in [6, 6.07) is 14.4. The van der Waals surface area contributed by atoms with Crippen LogP contribution in [0.15, 0.2) is 54.6 Å². The molecule has 2 aromatic rings. The maximum absolute atomic E-state index is 11.8. The van der Waals surface area contributed by atoms with E-state index in [2.05, 4.69) is 10.1 Å². The highest BCUT2D eigenvalue weighted by atomic mass is 16.5. The molecule has 0 atom stereocenters. The van der Waals surface area contributed by atoms with Crippen molar-refractivity contribution >= 4 is 23.6 Å². The van der Waals surface area contributed by atoms with Crippen LogP contribution in [0.4, 0.5) is 5.69 Å². The molecule has 2 aromatic carbocycles. The molecule has 0 saturated heterocycles. The third-order valence-electron chi connectivity index (χ3n) is 3.08. The van der Waals surface area contributed by atoms with E-state index < -0.39 is 5.97 Å². The van der Waals surface area contributed by atoms with Crippen LogP contribution < -0.4 is 5.32 Å². The molecule has 0 aliphatic heterocycles. The topological polar surface area (TPSA) is 55.4 Å². The quantitative estimate of drug-likeness (QED) is 0.694. The Labute approximate surface area is 129 Å². The lowest BCUT2D eigenvalue weighted by molar-refractivity contribution is -0.111. The number of methoxy groups -OCH3 is 1. The molecule has 22 heavy (non-hydrogen) atoms. The summed E-state index contributed by atoms with van der Waals surface area (Å²) in [5.41, 5.74) is 3.19. The average molecular weight is 295 g/mol. The van der Waals surface area contributed by atoms with Crippen LogP contribution in [0.3, 0.4) is 0 Å². The van der Waals surface area contributed by atoms with Gasteiger partial charge in [0.1, 0.15) is 0 Å². The highest BCUT2D eigenvalue weighted by Gasteiger charge is 2.05. The van der Waals surface area contributed by atoms with E-state index in [9.17, 15) is 9.59 Å². The van der Waals surface area contributed by atoms with Crippen molar-refractivity contribution < 1.29 is 14.3 Å². The Kier molecular flexibility index (Phi) is 5.09. The predicted molar refractivity (Wildman–Crippen MR) is 86.6 cm³/mol. The van der Waals surface area contributed by atoms with E-state index >= 15 is 0 Å². The first-order valence-electron chi connectivity index (χ1n) is 6.82. The number of rotatable bonds is 4. The fourth-order valence-electron chi connectivity index (χ4n) is 1.84. The monoisotopic (exact) mass is 295 g/mol. The second-order valence-electron chi connectivity index (χ2n) is 4.80. The molecule has 0 fully saturated rings. The van der Waals surface area contributed by atoms with Gasteiger partial charge in [0.15, 0.2) is 0 Å². The van der Waals surface area contributed by atoms with Gasteiger partial charge >= 0.3 is 5.97 Å².